The normalized spacial score (nSPS) is 11.3. The molecule has 0 amide bonds. The highest BCUT2D eigenvalue weighted by Gasteiger charge is 2.12. The summed E-state index contributed by atoms with van der Waals surface area (Å²) in [6.07, 6.45) is 1.02. The van der Waals surface area contributed by atoms with Crippen molar-refractivity contribution in [2.45, 2.75) is 25.8 Å². The van der Waals surface area contributed by atoms with Crippen LogP contribution in [0.1, 0.15) is 31.4 Å². The molecule has 0 aliphatic heterocycles. The Morgan fingerprint density at radius 2 is 1.94 bits per heavy atom. The van der Waals surface area contributed by atoms with Crippen molar-refractivity contribution in [1.82, 2.24) is 0 Å². The van der Waals surface area contributed by atoms with Crippen LogP contribution in [-0.2, 0) is 9.53 Å². The predicted molar refractivity (Wildman–Crippen MR) is 73.0 cm³/mol. The maximum atomic E-state index is 11.4. The van der Waals surface area contributed by atoms with Crippen LogP contribution in [0.2, 0.25) is 0 Å². The summed E-state index contributed by atoms with van der Waals surface area (Å²) < 4.78 is 10.0. The molecule has 2 N–H and O–H groups in total. The molecule has 0 radical (unpaired) electrons. The molecule has 4 nitrogen and oxygen atoms in total. The lowest BCUT2D eigenvalue weighted by molar-refractivity contribution is -0.144. The molecule has 18 heavy (non-hydrogen) atoms. The maximum Gasteiger partial charge on any atom is 0.307 e. The number of carbonyl (C=O) groups is 1. The first-order chi connectivity index (χ1) is 8.17. The van der Waals surface area contributed by atoms with Gasteiger partial charge in [0.25, 0.3) is 0 Å². The molecule has 0 aliphatic rings. The predicted octanol–water partition coefficient (Wildman–Crippen LogP) is 2.46. The molecule has 0 bridgehead atoms. The van der Waals surface area contributed by atoms with E-state index >= 15 is 0 Å². The van der Waals surface area contributed by atoms with Crippen molar-refractivity contribution in [1.29, 1.82) is 0 Å². The average Bonchev–Trinajstić information content (AvgIpc) is 2.36. The zero-order valence-corrected chi connectivity index (χ0v) is 11.5. The van der Waals surface area contributed by atoms with Crippen LogP contribution in [0.5, 0.6) is 5.75 Å². The number of hydrogen-bond acceptors (Lipinski definition) is 4. The van der Waals surface area contributed by atoms with E-state index < -0.39 is 0 Å². The van der Waals surface area contributed by atoms with Gasteiger partial charge in [0.2, 0.25) is 0 Å². The molecule has 0 heterocycles. The molecule has 102 valence electrons. The second kappa shape index (κ2) is 8.78. The molecule has 1 unspecified atom stereocenters. The van der Waals surface area contributed by atoms with Crippen LogP contribution in [0.25, 0.3) is 0 Å². The number of carbonyl (C=O) groups excluding carboxylic acids is 1. The van der Waals surface area contributed by atoms with E-state index in [2.05, 4.69) is 0 Å². The minimum atomic E-state index is -0.328. The Balaban J connectivity index is 0.00000289. The number of rotatable bonds is 6. The first kappa shape index (κ1) is 16.7. The Morgan fingerprint density at radius 1 is 1.33 bits per heavy atom. The molecule has 0 saturated heterocycles. The van der Waals surface area contributed by atoms with Crippen molar-refractivity contribution < 1.29 is 14.3 Å². The van der Waals surface area contributed by atoms with Crippen LogP contribution < -0.4 is 10.5 Å². The highest BCUT2D eigenvalue weighted by molar-refractivity contribution is 5.85. The SMILES string of the molecule is CCCOC(=O)CC(N)c1ccc(OC)cc1.Cl. The van der Waals surface area contributed by atoms with Crippen LogP contribution in [0.4, 0.5) is 0 Å². The van der Waals surface area contributed by atoms with E-state index in [1.165, 1.54) is 0 Å². The summed E-state index contributed by atoms with van der Waals surface area (Å²) in [7, 11) is 1.61. The van der Waals surface area contributed by atoms with E-state index in [1.807, 2.05) is 31.2 Å². The van der Waals surface area contributed by atoms with E-state index in [0.717, 1.165) is 17.7 Å². The zero-order valence-electron chi connectivity index (χ0n) is 10.7. The number of methoxy groups -OCH3 is 1. The van der Waals surface area contributed by atoms with E-state index in [4.69, 9.17) is 15.2 Å². The Morgan fingerprint density at radius 3 is 2.44 bits per heavy atom. The lowest BCUT2D eigenvalue weighted by atomic mass is 10.0. The van der Waals surface area contributed by atoms with Gasteiger partial charge in [-0.1, -0.05) is 19.1 Å². The fourth-order valence-electron chi connectivity index (χ4n) is 1.42. The van der Waals surface area contributed by atoms with Gasteiger partial charge in [-0.3, -0.25) is 4.79 Å². The van der Waals surface area contributed by atoms with Crippen LogP contribution in [0, 0.1) is 0 Å². The monoisotopic (exact) mass is 273 g/mol. The molecule has 0 aromatic heterocycles. The molecule has 0 saturated carbocycles. The Hall–Kier alpha value is -1.26. The minimum Gasteiger partial charge on any atom is -0.497 e. The van der Waals surface area contributed by atoms with E-state index in [9.17, 15) is 4.79 Å². The summed E-state index contributed by atoms with van der Waals surface area (Å²) in [5.74, 6) is 0.518. The van der Waals surface area contributed by atoms with Crippen molar-refractivity contribution in [3.05, 3.63) is 29.8 Å². The van der Waals surface area contributed by atoms with Gasteiger partial charge in [-0.2, -0.15) is 0 Å². The third-order valence-corrected chi connectivity index (χ3v) is 2.40. The number of nitrogens with two attached hydrogens (primary N) is 1. The number of ether oxygens (including phenoxy) is 2. The van der Waals surface area contributed by atoms with Crippen molar-refractivity contribution in [2.75, 3.05) is 13.7 Å². The summed E-state index contributed by atoms with van der Waals surface area (Å²) in [5, 5.41) is 0. The van der Waals surface area contributed by atoms with Crippen LogP contribution in [-0.4, -0.2) is 19.7 Å². The molecule has 1 aromatic carbocycles. The first-order valence-corrected chi connectivity index (χ1v) is 5.72. The fraction of sp³-hybridized carbons (Fsp3) is 0.462. The standard InChI is InChI=1S/C13H19NO3.ClH/c1-3-8-17-13(15)9-12(14)10-4-6-11(16-2)7-5-10;/h4-7,12H,3,8-9,14H2,1-2H3;1H. The highest BCUT2D eigenvalue weighted by Crippen LogP contribution is 2.18. The Labute approximate surface area is 114 Å². The molecular weight excluding hydrogens is 254 g/mol. The van der Waals surface area contributed by atoms with E-state index in [0.29, 0.717) is 6.61 Å². The third kappa shape index (κ3) is 5.38. The van der Waals surface area contributed by atoms with Gasteiger partial charge in [0, 0.05) is 6.04 Å². The second-order valence-corrected chi connectivity index (χ2v) is 3.80. The lowest BCUT2D eigenvalue weighted by Crippen LogP contribution is -2.17. The van der Waals surface area contributed by atoms with Crippen molar-refractivity contribution in [3.63, 3.8) is 0 Å². The Bertz CT molecular complexity index is 354. The number of esters is 1. The second-order valence-electron chi connectivity index (χ2n) is 3.80. The smallest absolute Gasteiger partial charge is 0.307 e. The molecule has 5 heteroatoms. The molecule has 1 aromatic rings. The maximum absolute atomic E-state index is 11.4. The molecule has 1 atom stereocenters. The van der Waals surface area contributed by atoms with Crippen molar-refractivity contribution in [2.24, 2.45) is 5.73 Å². The summed E-state index contributed by atoms with van der Waals surface area (Å²) in [6, 6.07) is 7.04. The fourth-order valence-corrected chi connectivity index (χ4v) is 1.42. The van der Waals surface area contributed by atoms with Gasteiger partial charge in [0.15, 0.2) is 0 Å². The summed E-state index contributed by atoms with van der Waals surface area (Å²) in [6.45, 7) is 2.41. The van der Waals surface area contributed by atoms with E-state index in [1.54, 1.807) is 7.11 Å². The van der Waals surface area contributed by atoms with Gasteiger partial charge in [-0.15, -0.1) is 12.4 Å². The van der Waals surface area contributed by atoms with Gasteiger partial charge in [-0.05, 0) is 24.1 Å². The van der Waals surface area contributed by atoms with Gasteiger partial charge < -0.3 is 15.2 Å². The molecule has 1 rings (SSSR count). The number of halogens is 1. The van der Waals surface area contributed by atoms with Crippen molar-refractivity contribution >= 4 is 18.4 Å². The summed E-state index contributed by atoms with van der Waals surface area (Å²) in [4.78, 5) is 11.4. The van der Waals surface area contributed by atoms with Gasteiger partial charge in [0.05, 0.1) is 20.1 Å². The summed E-state index contributed by atoms with van der Waals surface area (Å²) in [5.41, 5.74) is 6.82. The third-order valence-electron chi connectivity index (χ3n) is 2.40. The minimum absolute atomic E-state index is 0. The highest BCUT2D eigenvalue weighted by atomic mass is 35.5. The average molecular weight is 274 g/mol. The zero-order chi connectivity index (χ0) is 12.7. The van der Waals surface area contributed by atoms with E-state index in [-0.39, 0.29) is 30.8 Å². The lowest BCUT2D eigenvalue weighted by Gasteiger charge is -2.12. The van der Waals surface area contributed by atoms with Gasteiger partial charge in [-0.25, -0.2) is 0 Å². The van der Waals surface area contributed by atoms with Crippen LogP contribution in [0.15, 0.2) is 24.3 Å². The van der Waals surface area contributed by atoms with Gasteiger partial charge in [0.1, 0.15) is 5.75 Å². The molecular formula is C13H20ClNO3. The Kier molecular flexibility index (Phi) is 8.16. The topological polar surface area (TPSA) is 61.5 Å². The molecule has 0 spiro atoms. The number of hydrogen-bond donors (Lipinski definition) is 1. The van der Waals surface area contributed by atoms with Crippen LogP contribution in [0.3, 0.4) is 0 Å². The molecule has 0 aliphatic carbocycles. The first-order valence-electron chi connectivity index (χ1n) is 5.72. The molecule has 0 fully saturated rings. The van der Waals surface area contributed by atoms with Crippen LogP contribution >= 0.6 is 12.4 Å². The quantitative estimate of drug-likeness (QED) is 0.809. The summed E-state index contributed by atoms with van der Waals surface area (Å²) >= 11 is 0. The largest absolute Gasteiger partial charge is 0.497 e. The van der Waals surface area contributed by atoms with Gasteiger partial charge >= 0.3 is 5.97 Å². The van der Waals surface area contributed by atoms with Crippen molar-refractivity contribution in [3.8, 4) is 5.75 Å². The number of benzene rings is 1.